The van der Waals surface area contributed by atoms with Crippen LogP contribution in [0, 0.1) is 0 Å². The molecule has 0 aliphatic carbocycles. The van der Waals surface area contributed by atoms with Gasteiger partial charge < -0.3 is 17.2 Å². The number of nitrogens with one attached hydrogen (secondary N) is 1. The van der Waals surface area contributed by atoms with E-state index in [2.05, 4.69) is 9.98 Å². The molecular formula is C9H11F3N5+. The molecule has 17 heavy (non-hydrogen) atoms. The molecule has 1 rings (SSSR count). The maximum atomic E-state index is 12.2. The van der Waals surface area contributed by atoms with Crippen LogP contribution in [0.25, 0.3) is 0 Å². The Bertz CT molecular complexity index is 443. The van der Waals surface area contributed by atoms with Gasteiger partial charge in [0, 0.05) is 0 Å². The number of rotatable bonds is 1. The Hall–Kier alpha value is -2.25. The first-order chi connectivity index (χ1) is 7.79. The summed E-state index contributed by atoms with van der Waals surface area (Å²) in [5.74, 6) is -0.261. The minimum absolute atomic E-state index is 0.107. The van der Waals surface area contributed by atoms with Gasteiger partial charge in [-0.15, -0.1) is 4.99 Å². The Kier molecular flexibility index (Phi) is 3.56. The first-order valence-corrected chi connectivity index (χ1v) is 4.45. The topological polar surface area (TPSA) is 104 Å². The largest absolute Gasteiger partial charge is 0.416 e. The van der Waals surface area contributed by atoms with Gasteiger partial charge in [0.15, 0.2) is 0 Å². The predicted octanol–water partition coefficient (Wildman–Crippen LogP) is -0.994. The number of hydrogen-bond donors (Lipinski definition) is 4. The van der Waals surface area contributed by atoms with Crippen LogP contribution in [-0.2, 0) is 6.18 Å². The summed E-state index contributed by atoms with van der Waals surface area (Å²) in [5, 5.41) is 0. The van der Waals surface area contributed by atoms with E-state index in [1.54, 1.807) is 0 Å². The number of alkyl halides is 3. The normalized spacial score (nSPS) is 12.3. The van der Waals surface area contributed by atoms with Gasteiger partial charge in [0.05, 0.1) is 5.56 Å². The van der Waals surface area contributed by atoms with Crippen LogP contribution in [0.15, 0.2) is 29.3 Å². The molecule has 7 N–H and O–H groups in total. The Morgan fingerprint density at radius 2 is 1.59 bits per heavy atom. The highest BCUT2D eigenvalue weighted by Crippen LogP contribution is 2.30. The van der Waals surface area contributed by atoms with E-state index in [0.29, 0.717) is 0 Å². The summed E-state index contributed by atoms with van der Waals surface area (Å²) in [6.07, 6.45) is -4.37. The van der Waals surface area contributed by atoms with Crippen LogP contribution < -0.4 is 22.2 Å². The van der Waals surface area contributed by atoms with E-state index < -0.39 is 11.7 Å². The van der Waals surface area contributed by atoms with E-state index in [4.69, 9.17) is 17.2 Å². The number of aliphatic imine (C=N–C) groups is 1. The molecule has 0 aromatic heterocycles. The number of halogens is 3. The lowest BCUT2D eigenvalue weighted by molar-refractivity contribution is -0.320. The average molecular weight is 246 g/mol. The van der Waals surface area contributed by atoms with Crippen LogP contribution in [-0.4, -0.2) is 11.9 Å². The van der Waals surface area contributed by atoms with E-state index in [-0.39, 0.29) is 17.6 Å². The van der Waals surface area contributed by atoms with Crippen LogP contribution in [0.4, 0.5) is 18.9 Å². The number of hydrogen-bond acceptors (Lipinski definition) is 1. The van der Waals surface area contributed by atoms with Crippen molar-refractivity contribution < 1.29 is 18.2 Å². The summed E-state index contributed by atoms with van der Waals surface area (Å²) in [7, 11) is 0. The van der Waals surface area contributed by atoms with Crippen molar-refractivity contribution in [1.82, 2.24) is 0 Å². The summed E-state index contributed by atoms with van der Waals surface area (Å²) in [6.45, 7) is 0. The predicted molar refractivity (Wildman–Crippen MR) is 57.1 cm³/mol. The fourth-order valence-electron chi connectivity index (χ4n) is 1.04. The summed E-state index contributed by atoms with van der Waals surface area (Å²) >= 11 is 0. The summed E-state index contributed by atoms with van der Waals surface area (Å²) < 4.78 is 36.7. The summed E-state index contributed by atoms with van der Waals surface area (Å²) in [5.41, 5.74) is 15.1. The van der Waals surface area contributed by atoms with Crippen molar-refractivity contribution in [1.29, 1.82) is 0 Å². The van der Waals surface area contributed by atoms with Gasteiger partial charge in [-0.3, -0.25) is 0 Å². The van der Waals surface area contributed by atoms with Crippen molar-refractivity contribution in [3.63, 3.8) is 0 Å². The first-order valence-electron chi connectivity index (χ1n) is 4.45. The van der Waals surface area contributed by atoms with Crippen LogP contribution in [0.2, 0.25) is 0 Å². The van der Waals surface area contributed by atoms with Gasteiger partial charge in [-0.1, -0.05) is 0 Å². The molecule has 92 valence electrons. The van der Waals surface area contributed by atoms with Crippen LogP contribution >= 0.6 is 0 Å². The van der Waals surface area contributed by atoms with E-state index >= 15 is 0 Å². The Morgan fingerprint density at radius 1 is 1.06 bits per heavy atom. The molecule has 1 aromatic rings. The molecule has 0 heterocycles. The van der Waals surface area contributed by atoms with E-state index in [1.165, 1.54) is 12.1 Å². The van der Waals surface area contributed by atoms with Crippen LogP contribution in [0.1, 0.15) is 5.56 Å². The number of nitrogens with two attached hydrogens (primary N) is 3. The third-order valence-corrected chi connectivity index (χ3v) is 1.72. The summed E-state index contributed by atoms with van der Waals surface area (Å²) in [6, 6.07) is 4.18. The standard InChI is InChI=1S/C9H10F3N5/c10-9(11,12)5-1-3-6(4-2-5)16-8(15)17-7(13)14/h1-4H,(H6,13,14,15,16,17)/p+1. The fourth-order valence-corrected chi connectivity index (χ4v) is 1.04. The van der Waals surface area contributed by atoms with Crippen molar-refractivity contribution in [3.05, 3.63) is 29.8 Å². The molecule has 0 atom stereocenters. The number of guanidine groups is 2. The molecule has 1 aromatic carbocycles. The SMILES string of the molecule is NC(=Nc1ccc(C(F)(F)F)cc1)[NH+]=C(N)N. The molecule has 0 fully saturated rings. The maximum Gasteiger partial charge on any atom is 0.416 e. The molecule has 0 aliphatic rings. The van der Waals surface area contributed by atoms with E-state index in [1.807, 2.05) is 0 Å². The maximum absolute atomic E-state index is 12.2. The van der Waals surface area contributed by atoms with Crippen molar-refractivity contribution >= 4 is 17.6 Å². The fraction of sp³-hybridized carbons (Fsp3) is 0.111. The minimum Gasteiger partial charge on any atom is -0.323 e. The molecule has 0 unspecified atom stereocenters. The second-order valence-electron chi connectivity index (χ2n) is 3.12. The smallest absolute Gasteiger partial charge is 0.323 e. The lowest BCUT2D eigenvalue weighted by Gasteiger charge is -2.05. The monoisotopic (exact) mass is 246 g/mol. The Morgan fingerprint density at radius 3 is 2.00 bits per heavy atom. The van der Waals surface area contributed by atoms with Crippen molar-refractivity contribution in [3.8, 4) is 0 Å². The second kappa shape index (κ2) is 4.73. The average Bonchev–Trinajstić information content (AvgIpc) is 2.15. The second-order valence-corrected chi connectivity index (χ2v) is 3.12. The molecule has 0 bridgehead atoms. The van der Waals surface area contributed by atoms with Gasteiger partial charge in [0.1, 0.15) is 5.69 Å². The van der Waals surface area contributed by atoms with Gasteiger partial charge >= 0.3 is 12.1 Å². The van der Waals surface area contributed by atoms with Crippen LogP contribution in [0.3, 0.4) is 0 Å². The summed E-state index contributed by atoms with van der Waals surface area (Å²) in [4.78, 5) is 6.07. The van der Waals surface area contributed by atoms with Crippen molar-refractivity contribution in [2.45, 2.75) is 6.18 Å². The third-order valence-electron chi connectivity index (χ3n) is 1.72. The van der Waals surface area contributed by atoms with E-state index in [9.17, 15) is 13.2 Å². The lowest BCUT2D eigenvalue weighted by atomic mass is 10.2. The van der Waals surface area contributed by atoms with Gasteiger partial charge in [0.2, 0.25) is 0 Å². The highest BCUT2D eigenvalue weighted by Gasteiger charge is 2.29. The molecule has 0 radical (unpaired) electrons. The lowest BCUT2D eigenvalue weighted by Crippen LogP contribution is -2.84. The van der Waals surface area contributed by atoms with Crippen LogP contribution in [0.5, 0.6) is 0 Å². The third kappa shape index (κ3) is 4.01. The van der Waals surface area contributed by atoms with Gasteiger partial charge in [-0.2, -0.15) is 13.2 Å². The molecule has 0 saturated heterocycles. The van der Waals surface area contributed by atoms with Crippen molar-refractivity contribution in [2.75, 3.05) is 0 Å². The number of nitrogens with zero attached hydrogens (tertiary/aromatic N) is 1. The zero-order chi connectivity index (χ0) is 13.1. The minimum atomic E-state index is -4.37. The highest BCUT2D eigenvalue weighted by atomic mass is 19.4. The Balaban J connectivity index is 2.93. The molecular weight excluding hydrogens is 235 g/mol. The van der Waals surface area contributed by atoms with Gasteiger partial charge in [-0.25, -0.2) is 4.99 Å². The Labute approximate surface area is 94.8 Å². The quantitative estimate of drug-likeness (QED) is 0.377. The molecule has 5 nitrogen and oxygen atoms in total. The molecule has 8 heteroatoms. The molecule has 0 amide bonds. The molecule has 0 spiro atoms. The molecule has 0 saturated carbocycles. The zero-order valence-electron chi connectivity index (χ0n) is 8.62. The van der Waals surface area contributed by atoms with Gasteiger partial charge in [-0.05, 0) is 24.3 Å². The van der Waals surface area contributed by atoms with Gasteiger partial charge in [0.25, 0.3) is 5.96 Å². The van der Waals surface area contributed by atoms with E-state index in [0.717, 1.165) is 12.1 Å². The number of benzene rings is 1. The first kappa shape index (κ1) is 12.8. The molecule has 0 aliphatic heterocycles. The highest BCUT2D eigenvalue weighted by molar-refractivity contribution is 5.79. The zero-order valence-corrected chi connectivity index (χ0v) is 8.62. The van der Waals surface area contributed by atoms with Crippen molar-refractivity contribution in [2.24, 2.45) is 22.2 Å².